The molecule has 0 spiro atoms. The lowest BCUT2D eigenvalue weighted by Crippen LogP contribution is -2.25. The molecule has 9 heteroatoms. The van der Waals surface area contributed by atoms with Gasteiger partial charge in [-0.05, 0) is 23.9 Å². The van der Waals surface area contributed by atoms with Crippen LogP contribution in [0, 0.1) is 0 Å². The average molecular weight is 301 g/mol. The summed E-state index contributed by atoms with van der Waals surface area (Å²) in [7, 11) is 0. The average Bonchev–Trinajstić information content (AvgIpc) is 2.56. The molecular formula is C10H8F5NO2S. The number of nitrogens with one attached hydrogen (secondary N) is 1. The SMILES string of the molecule is FC1(F)Oc2ccc(NCCSC(F)(F)F)cc2O1. The normalized spacial score (nSPS) is 16.5. The predicted octanol–water partition coefficient (Wildman–Crippen LogP) is 3.67. The summed E-state index contributed by atoms with van der Waals surface area (Å²) in [5, 5.41) is 2.67. The van der Waals surface area contributed by atoms with Gasteiger partial charge in [-0.3, -0.25) is 0 Å². The number of hydrogen-bond acceptors (Lipinski definition) is 4. The van der Waals surface area contributed by atoms with E-state index >= 15 is 0 Å². The molecule has 0 fully saturated rings. The largest absolute Gasteiger partial charge is 0.586 e. The van der Waals surface area contributed by atoms with E-state index in [1.165, 1.54) is 18.2 Å². The van der Waals surface area contributed by atoms with Crippen LogP contribution < -0.4 is 14.8 Å². The van der Waals surface area contributed by atoms with Gasteiger partial charge >= 0.3 is 11.8 Å². The van der Waals surface area contributed by atoms with Gasteiger partial charge in [0.25, 0.3) is 0 Å². The molecule has 1 N–H and O–H groups in total. The lowest BCUT2D eigenvalue weighted by molar-refractivity contribution is -0.286. The lowest BCUT2D eigenvalue weighted by atomic mass is 10.3. The molecule has 0 atom stereocenters. The van der Waals surface area contributed by atoms with Crippen LogP contribution in [0.5, 0.6) is 11.5 Å². The highest BCUT2D eigenvalue weighted by Crippen LogP contribution is 2.42. The third-order valence-electron chi connectivity index (χ3n) is 2.10. The number of anilines is 1. The number of benzene rings is 1. The minimum atomic E-state index is -4.28. The molecule has 106 valence electrons. The standard InChI is InChI=1S/C10H8F5NO2S/c11-9(12,13)19-4-3-16-6-1-2-7-8(5-6)18-10(14,15)17-7/h1-2,5,16H,3-4H2. The molecule has 1 heterocycles. The Bertz CT molecular complexity index is 466. The number of alkyl halides is 5. The topological polar surface area (TPSA) is 30.5 Å². The van der Waals surface area contributed by atoms with Gasteiger partial charge in [0.05, 0.1) is 0 Å². The third-order valence-corrected chi connectivity index (χ3v) is 2.83. The Hall–Kier alpha value is -1.38. The van der Waals surface area contributed by atoms with E-state index in [4.69, 9.17) is 0 Å². The fourth-order valence-electron chi connectivity index (χ4n) is 1.42. The molecule has 1 aromatic carbocycles. The molecule has 2 rings (SSSR count). The predicted molar refractivity (Wildman–Crippen MR) is 59.6 cm³/mol. The number of halogens is 5. The van der Waals surface area contributed by atoms with Gasteiger partial charge in [-0.25, -0.2) is 0 Å². The fraction of sp³-hybridized carbons (Fsp3) is 0.400. The molecule has 0 radical (unpaired) electrons. The van der Waals surface area contributed by atoms with Crippen LogP contribution in [0.2, 0.25) is 0 Å². The smallest absolute Gasteiger partial charge is 0.395 e. The summed E-state index contributed by atoms with van der Waals surface area (Å²) in [6, 6.07) is 3.92. The minimum absolute atomic E-state index is 0.0419. The molecule has 0 bridgehead atoms. The Morgan fingerprint density at radius 2 is 1.84 bits per heavy atom. The lowest BCUT2D eigenvalue weighted by Gasteiger charge is -2.08. The van der Waals surface area contributed by atoms with Crippen molar-refractivity contribution in [1.29, 1.82) is 0 Å². The van der Waals surface area contributed by atoms with Gasteiger partial charge in [0, 0.05) is 24.1 Å². The van der Waals surface area contributed by atoms with E-state index in [1.807, 2.05) is 0 Å². The third kappa shape index (κ3) is 4.05. The summed E-state index contributed by atoms with van der Waals surface area (Å²) in [6.07, 6.45) is -3.70. The van der Waals surface area contributed by atoms with Gasteiger partial charge in [0.2, 0.25) is 0 Å². The second kappa shape index (κ2) is 4.95. The van der Waals surface area contributed by atoms with Crippen LogP contribution in [0.4, 0.5) is 27.6 Å². The first-order valence-electron chi connectivity index (χ1n) is 5.10. The Labute approximate surface area is 109 Å². The van der Waals surface area contributed by atoms with E-state index in [-0.39, 0.29) is 35.6 Å². The summed E-state index contributed by atoms with van der Waals surface area (Å²) >= 11 is -0.160. The molecule has 0 saturated carbocycles. The maximum absolute atomic E-state index is 12.7. The zero-order valence-corrected chi connectivity index (χ0v) is 10.1. The quantitative estimate of drug-likeness (QED) is 0.679. The van der Waals surface area contributed by atoms with Crippen molar-refractivity contribution in [2.45, 2.75) is 11.8 Å². The van der Waals surface area contributed by atoms with Crippen LogP contribution in [0.15, 0.2) is 18.2 Å². The Morgan fingerprint density at radius 3 is 2.53 bits per heavy atom. The molecule has 0 saturated heterocycles. The Kier molecular flexibility index (Phi) is 3.66. The van der Waals surface area contributed by atoms with E-state index in [9.17, 15) is 22.0 Å². The van der Waals surface area contributed by atoms with Crippen molar-refractivity contribution in [1.82, 2.24) is 0 Å². The number of ether oxygens (including phenoxy) is 2. The van der Waals surface area contributed by atoms with Crippen molar-refractivity contribution < 1.29 is 31.4 Å². The van der Waals surface area contributed by atoms with Crippen LogP contribution in [-0.2, 0) is 0 Å². The van der Waals surface area contributed by atoms with E-state index in [1.54, 1.807) is 0 Å². The van der Waals surface area contributed by atoms with Gasteiger partial charge in [-0.1, -0.05) is 0 Å². The van der Waals surface area contributed by atoms with Crippen LogP contribution in [-0.4, -0.2) is 24.1 Å². The van der Waals surface area contributed by atoms with Gasteiger partial charge in [0.1, 0.15) is 0 Å². The minimum Gasteiger partial charge on any atom is -0.395 e. The van der Waals surface area contributed by atoms with Crippen LogP contribution in [0.25, 0.3) is 0 Å². The van der Waals surface area contributed by atoms with Gasteiger partial charge in [0.15, 0.2) is 11.5 Å². The molecule has 0 amide bonds. The molecule has 0 aliphatic carbocycles. The van der Waals surface area contributed by atoms with Crippen LogP contribution in [0.3, 0.4) is 0 Å². The highest BCUT2D eigenvalue weighted by Gasteiger charge is 2.43. The Morgan fingerprint density at radius 1 is 1.16 bits per heavy atom. The fourth-order valence-corrected chi connectivity index (χ4v) is 1.86. The highest BCUT2D eigenvalue weighted by atomic mass is 32.2. The maximum Gasteiger partial charge on any atom is 0.586 e. The molecule has 1 aromatic rings. The molecule has 0 unspecified atom stereocenters. The number of thioether (sulfide) groups is 1. The van der Waals surface area contributed by atoms with Crippen molar-refractivity contribution in [3.05, 3.63) is 18.2 Å². The Balaban J connectivity index is 1.87. The zero-order valence-electron chi connectivity index (χ0n) is 9.26. The molecule has 0 aromatic heterocycles. The van der Waals surface area contributed by atoms with E-state index in [0.717, 1.165) is 0 Å². The van der Waals surface area contributed by atoms with Crippen LogP contribution in [0.1, 0.15) is 0 Å². The van der Waals surface area contributed by atoms with E-state index in [0.29, 0.717) is 5.69 Å². The van der Waals surface area contributed by atoms with Crippen molar-refractivity contribution in [3.8, 4) is 11.5 Å². The summed E-state index contributed by atoms with van der Waals surface area (Å²) < 4.78 is 69.4. The van der Waals surface area contributed by atoms with Gasteiger partial charge in [-0.2, -0.15) is 13.2 Å². The first kappa shape index (κ1) is 14.0. The highest BCUT2D eigenvalue weighted by molar-refractivity contribution is 8.00. The molecule has 1 aliphatic rings. The summed E-state index contributed by atoms with van der Waals surface area (Å²) in [4.78, 5) is 0. The summed E-state index contributed by atoms with van der Waals surface area (Å²) in [5.41, 5.74) is -3.90. The second-order valence-electron chi connectivity index (χ2n) is 3.55. The van der Waals surface area contributed by atoms with Crippen LogP contribution >= 0.6 is 11.8 Å². The first-order valence-corrected chi connectivity index (χ1v) is 6.08. The van der Waals surface area contributed by atoms with Crippen molar-refractivity contribution in [2.75, 3.05) is 17.6 Å². The monoisotopic (exact) mass is 301 g/mol. The molecule has 1 aliphatic heterocycles. The summed E-state index contributed by atoms with van der Waals surface area (Å²) in [5.74, 6) is -0.452. The molecular weight excluding hydrogens is 293 g/mol. The summed E-state index contributed by atoms with van der Waals surface area (Å²) in [6.45, 7) is 0.0419. The first-order chi connectivity index (χ1) is 8.75. The maximum atomic E-state index is 12.7. The zero-order chi connectivity index (χ0) is 14.1. The number of fused-ring (bicyclic) bond motifs is 1. The van der Waals surface area contributed by atoms with Crippen molar-refractivity contribution in [3.63, 3.8) is 0 Å². The van der Waals surface area contributed by atoms with Gasteiger partial charge in [-0.15, -0.1) is 8.78 Å². The van der Waals surface area contributed by atoms with Gasteiger partial charge < -0.3 is 14.8 Å². The second-order valence-corrected chi connectivity index (χ2v) is 4.71. The number of rotatable bonds is 4. The number of hydrogen-bond donors (Lipinski definition) is 1. The van der Waals surface area contributed by atoms with E-state index in [2.05, 4.69) is 14.8 Å². The molecule has 3 nitrogen and oxygen atoms in total. The van der Waals surface area contributed by atoms with E-state index < -0.39 is 11.8 Å². The molecule has 19 heavy (non-hydrogen) atoms. The van der Waals surface area contributed by atoms with Crippen molar-refractivity contribution >= 4 is 17.4 Å². The van der Waals surface area contributed by atoms with Crippen molar-refractivity contribution in [2.24, 2.45) is 0 Å².